The number of aryl methyl sites for hydroxylation is 3. The molecule has 0 saturated carbocycles. The van der Waals surface area contributed by atoms with Gasteiger partial charge in [0.05, 0.1) is 17.9 Å². The summed E-state index contributed by atoms with van der Waals surface area (Å²) in [4.78, 5) is 4.45. The molecular formula is C11H15N3O. The molecule has 0 saturated heterocycles. The summed E-state index contributed by atoms with van der Waals surface area (Å²) in [5, 5.41) is 3.87. The van der Waals surface area contributed by atoms with Crippen LogP contribution in [-0.4, -0.2) is 14.7 Å². The van der Waals surface area contributed by atoms with Gasteiger partial charge in [-0.25, -0.2) is 4.98 Å². The number of hydrogen-bond donors (Lipinski definition) is 0. The van der Waals surface area contributed by atoms with E-state index in [2.05, 4.69) is 27.8 Å². The van der Waals surface area contributed by atoms with Crippen LogP contribution >= 0.6 is 0 Å². The first-order valence-corrected chi connectivity index (χ1v) is 5.13. The van der Waals surface area contributed by atoms with E-state index in [4.69, 9.17) is 4.52 Å². The Labute approximate surface area is 88.9 Å². The molecule has 0 aliphatic heterocycles. The van der Waals surface area contributed by atoms with E-state index in [0.717, 1.165) is 35.7 Å². The average molecular weight is 205 g/mol. The van der Waals surface area contributed by atoms with Gasteiger partial charge in [-0.05, 0) is 13.8 Å². The summed E-state index contributed by atoms with van der Waals surface area (Å²) in [7, 11) is 0. The molecule has 2 aromatic heterocycles. The summed E-state index contributed by atoms with van der Waals surface area (Å²) in [6.07, 6.45) is 4.70. The molecule has 0 aromatic carbocycles. The fourth-order valence-corrected chi connectivity index (χ4v) is 1.66. The van der Waals surface area contributed by atoms with Crippen LogP contribution in [0.15, 0.2) is 17.0 Å². The monoisotopic (exact) mass is 205 g/mol. The van der Waals surface area contributed by atoms with Crippen LogP contribution in [0.4, 0.5) is 0 Å². The quantitative estimate of drug-likeness (QED) is 0.770. The van der Waals surface area contributed by atoms with E-state index < -0.39 is 0 Å². The molecule has 0 bridgehead atoms. The predicted molar refractivity (Wildman–Crippen MR) is 56.7 cm³/mol. The van der Waals surface area contributed by atoms with Crippen molar-refractivity contribution >= 4 is 0 Å². The van der Waals surface area contributed by atoms with Gasteiger partial charge in [-0.2, -0.15) is 0 Å². The number of aromatic nitrogens is 3. The third-order valence-corrected chi connectivity index (χ3v) is 2.49. The van der Waals surface area contributed by atoms with Crippen molar-refractivity contribution in [3.63, 3.8) is 0 Å². The number of hydrogen-bond acceptors (Lipinski definition) is 3. The van der Waals surface area contributed by atoms with Gasteiger partial charge in [0.15, 0.2) is 0 Å². The first-order chi connectivity index (χ1) is 7.20. The van der Waals surface area contributed by atoms with Crippen LogP contribution in [0.5, 0.6) is 0 Å². The zero-order valence-corrected chi connectivity index (χ0v) is 9.32. The van der Waals surface area contributed by atoms with Crippen molar-refractivity contribution in [1.29, 1.82) is 0 Å². The lowest BCUT2D eigenvalue weighted by Gasteiger charge is -2.03. The van der Waals surface area contributed by atoms with Crippen molar-refractivity contribution in [3.8, 4) is 0 Å². The minimum absolute atomic E-state index is 0.791. The highest BCUT2D eigenvalue weighted by Crippen LogP contribution is 2.11. The molecule has 0 amide bonds. The van der Waals surface area contributed by atoms with E-state index in [-0.39, 0.29) is 0 Å². The Hall–Kier alpha value is -1.58. The van der Waals surface area contributed by atoms with Gasteiger partial charge in [-0.15, -0.1) is 0 Å². The van der Waals surface area contributed by atoms with Crippen LogP contribution in [0.25, 0.3) is 0 Å². The molecule has 4 heteroatoms. The van der Waals surface area contributed by atoms with Gasteiger partial charge in [0.25, 0.3) is 0 Å². The fourth-order valence-electron chi connectivity index (χ4n) is 1.66. The lowest BCUT2D eigenvalue weighted by Crippen LogP contribution is -2.03. The second kappa shape index (κ2) is 3.88. The predicted octanol–water partition coefficient (Wildman–Crippen LogP) is 2.10. The SMILES string of the molecule is CCc1nc(C)cn1Cc1conc1C. The van der Waals surface area contributed by atoms with Crippen molar-refractivity contribution in [2.45, 2.75) is 33.7 Å². The lowest BCUT2D eigenvalue weighted by atomic mass is 10.2. The van der Waals surface area contributed by atoms with E-state index >= 15 is 0 Å². The highest BCUT2D eigenvalue weighted by atomic mass is 16.5. The van der Waals surface area contributed by atoms with Crippen LogP contribution in [0, 0.1) is 13.8 Å². The van der Waals surface area contributed by atoms with Crippen molar-refractivity contribution < 1.29 is 4.52 Å². The lowest BCUT2D eigenvalue weighted by molar-refractivity contribution is 0.414. The van der Waals surface area contributed by atoms with E-state index in [1.165, 1.54) is 0 Å². The smallest absolute Gasteiger partial charge is 0.129 e. The third-order valence-electron chi connectivity index (χ3n) is 2.49. The van der Waals surface area contributed by atoms with Crippen LogP contribution in [0.2, 0.25) is 0 Å². The van der Waals surface area contributed by atoms with Gasteiger partial charge >= 0.3 is 0 Å². The molecule has 0 unspecified atom stereocenters. The molecule has 2 aromatic rings. The molecule has 2 rings (SSSR count). The Morgan fingerprint density at radius 2 is 2.20 bits per heavy atom. The van der Waals surface area contributed by atoms with Crippen LogP contribution in [0.1, 0.15) is 29.7 Å². The van der Waals surface area contributed by atoms with E-state index in [9.17, 15) is 0 Å². The number of rotatable bonds is 3. The van der Waals surface area contributed by atoms with Gasteiger partial charge in [0, 0.05) is 18.2 Å². The molecule has 0 radical (unpaired) electrons. The Kier molecular flexibility index (Phi) is 2.58. The molecule has 0 aliphatic rings. The maximum absolute atomic E-state index is 4.91. The van der Waals surface area contributed by atoms with Gasteiger partial charge in [-0.1, -0.05) is 12.1 Å². The molecule has 0 spiro atoms. The molecule has 0 N–H and O–H groups in total. The van der Waals surface area contributed by atoms with Gasteiger partial charge in [-0.3, -0.25) is 0 Å². The van der Waals surface area contributed by atoms with Crippen molar-refractivity contribution in [2.75, 3.05) is 0 Å². The zero-order valence-electron chi connectivity index (χ0n) is 9.32. The first-order valence-electron chi connectivity index (χ1n) is 5.13. The van der Waals surface area contributed by atoms with Crippen molar-refractivity contribution in [3.05, 3.63) is 35.2 Å². The Bertz CT molecular complexity index is 456. The molecule has 80 valence electrons. The van der Waals surface area contributed by atoms with Crippen LogP contribution in [-0.2, 0) is 13.0 Å². The number of imidazole rings is 1. The summed E-state index contributed by atoms with van der Waals surface area (Å²) >= 11 is 0. The molecule has 0 aliphatic carbocycles. The minimum Gasteiger partial charge on any atom is -0.364 e. The zero-order chi connectivity index (χ0) is 10.8. The van der Waals surface area contributed by atoms with Crippen LogP contribution in [0.3, 0.4) is 0 Å². The topological polar surface area (TPSA) is 43.9 Å². The molecule has 15 heavy (non-hydrogen) atoms. The summed E-state index contributed by atoms with van der Waals surface area (Å²) in [6, 6.07) is 0. The van der Waals surface area contributed by atoms with E-state index in [0.29, 0.717) is 0 Å². The standard InChI is InChI=1S/C11H15N3O/c1-4-11-12-8(2)5-14(11)6-10-7-15-13-9(10)3/h5,7H,4,6H2,1-3H3. The van der Waals surface area contributed by atoms with Crippen LogP contribution < -0.4 is 0 Å². The summed E-state index contributed by atoms with van der Waals surface area (Å²) < 4.78 is 7.06. The van der Waals surface area contributed by atoms with E-state index in [1.807, 2.05) is 13.8 Å². The summed E-state index contributed by atoms with van der Waals surface area (Å²) in [5.41, 5.74) is 3.12. The maximum atomic E-state index is 4.91. The second-order valence-electron chi connectivity index (χ2n) is 3.71. The van der Waals surface area contributed by atoms with Gasteiger partial charge < -0.3 is 9.09 Å². The molecular weight excluding hydrogens is 190 g/mol. The minimum atomic E-state index is 0.791. The molecule has 4 nitrogen and oxygen atoms in total. The van der Waals surface area contributed by atoms with Crippen molar-refractivity contribution in [2.24, 2.45) is 0 Å². The largest absolute Gasteiger partial charge is 0.364 e. The first kappa shape index (κ1) is 9.96. The number of nitrogens with zero attached hydrogens (tertiary/aromatic N) is 3. The normalized spacial score (nSPS) is 10.9. The summed E-state index contributed by atoms with van der Waals surface area (Å²) in [6.45, 7) is 6.86. The highest BCUT2D eigenvalue weighted by Gasteiger charge is 2.07. The summed E-state index contributed by atoms with van der Waals surface area (Å²) in [5.74, 6) is 1.10. The maximum Gasteiger partial charge on any atom is 0.129 e. The van der Waals surface area contributed by atoms with Gasteiger partial charge in [0.2, 0.25) is 0 Å². The second-order valence-corrected chi connectivity index (χ2v) is 3.71. The highest BCUT2D eigenvalue weighted by molar-refractivity contribution is 5.15. The van der Waals surface area contributed by atoms with Gasteiger partial charge in [0.1, 0.15) is 12.1 Å². The third kappa shape index (κ3) is 1.93. The Balaban J connectivity index is 2.27. The van der Waals surface area contributed by atoms with Crippen molar-refractivity contribution in [1.82, 2.24) is 14.7 Å². The average Bonchev–Trinajstić information content (AvgIpc) is 2.75. The molecule has 2 heterocycles. The fraction of sp³-hybridized carbons (Fsp3) is 0.455. The molecule has 0 fully saturated rings. The van der Waals surface area contributed by atoms with E-state index in [1.54, 1.807) is 6.26 Å². The molecule has 0 atom stereocenters. The Morgan fingerprint density at radius 3 is 2.80 bits per heavy atom. The Morgan fingerprint density at radius 1 is 1.40 bits per heavy atom.